The van der Waals surface area contributed by atoms with E-state index in [2.05, 4.69) is 38.0 Å². The molecule has 0 unspecified atom stereocenters. The summed E-state index contributed by atoms with van der Waals surface area (Å²) >= 11 is 0. The molecule has 2 aliphatic heterocycles. The number of carbonyl (C=O) groups is 10. The number of carboxylic acids is 1. The van der Waals surface area contributed by atoms with Gasteiger partial charge in [0.15, 0.2) is 6.04 Å². The van der Waals surface area contributed by atoms with Crippen molar-refractivity contribution in [2.45, 2.75) is 188 Å². The van der Waals surface area contributed by atoms with Gasteiger partial charge in [-0.2, -0.15) is 0 Å². The zero-order valence-electron chi connectivity index (χ0n) is 55.9. The number of carboxylic acid groups (broad SMARTS) is 1. The number of methoxy groups -OCH3 is 2. The molecule has 0 radical (unpaired) electrons. The highest BCUT2D eigenvalue weighted by Gasteiger charge is 2.44. The number of hydrogen-bond acceptors (Lipinski definition) is 14. The summed E-state index contributed by atoms with van der Waals surface area (Å²) < 4.78 is 12.1. The Bertz CT molecular complexity index is 2780. The molecule has 2 aromatic rings. The average Bonchev–Trinajstić information content (AvgIpc) is 2.33. The molecule has 7 N–H and O–H groups in total. The van der Waals surface area contributed by atoms with Crippen molar-refractivity contribution < 1.29 is 67.4 Å². The molecule has 0 aromatic heterocycles. The smallest absolute Gasteiger partial charge is 0.306 e. The molecular formula is C67H102N10O14. The molecule has 2 aliphatic rings. The number of hydroxylamine groups is 1. The van der Waals surface area contributed by atoms with E-state index in [0.717, 1.165) is 5.56 Å². The molecular weight excluding hydrogens is 1170 g/mol. The van der Waals surface area contributed by atoms with Crippen molar-refractivity contribution in [1.29, 1.82) is 0 Å². The molecule has 4 rings (SSSR count). The molecule has 24 heteroatoms. The Morgan fingerprint density at radius 2 is 1.33 bits per heavy atom. The number of terminal acetylenes is 1. The van der Waals surface area contributed by atoms with Crippen LogP contribution in [0.2, 0.25) is 0 Å². The molecule has 11 atom stereocenters. The fraction of sp³-hybridized carbons (Fsp3) is 0.642. The van der Waals surface area contributed by atoms with Gasteiger partial charge in [-0.3, -0.25) is 57.7 Å². The van der Waals surface area contributed by atoms with Crippen LogP contribution < -0.4 is 32.1 Å². The predicted octanol–water partition coefficient (Wildman–Crippen LogP) is 4.30. The molecule has 0 aliphatic carbocycles. The summed E-state index contributed by atoms with van der Waals surface area (Å²) in [5.74, 6) is -4.59. The summed E-state index contributed by atoms with van der Waals surface area (Å²) in [7, 11) is 8.37. The number of likely N-dealkylation sites (N-methyl/N-ethyl adjacent to an activating group) is 2. The highest BCUT2D eigenvalue weighted by atomic mass is 16.7. The van der Waals surface area contributed by atoms with Gasteiger partial charge in [0.2, 0.25) is 41.4 Å². The van der Waals surface area contributed by atoms with Gasteiger partial charge in [0.1, 0.15) is 18.1 Å². The van der Waals surface area contributed by atoms with Crippen molar-refractivity contribution in [1.82, 2.24) is 46.3 Å². The summed E-state index contributed by atoms with van der Waals surface area (Å²) in [4.78, 5) is 147. The average molecular weight is 1270 g/mol. The van der Waals surface area contributed by atoms with Gasteiger partial charge in [-0.25, -0.2) is 5.48 Å². The van der Waals surface area contributed by atoms with E-state index >= 15 is 0 Å². The van der Waals surface area contributed by atoms with Crippen LogP contribution in [0.3, 0.4) is 0 Å². The number of amides is 9. The Labute approximate surface area is 538 Å². The fourth-order valence-corrected chi connectivity index (χ4v) is 12.1. The van der Waals surface area contributed by atoms with Gasteiger partial charge < -0.3 is 55.9 Å². The minimum Gasteiger partial charge on any atom is -0.481 e. The minimum absolute atomic E-state index is 0.00459. The quantitative estimate of drug-likeness (QED) is 0.0374. The molecule has 9 amide bonds. The van der Waals surface area contributed by atoms with Crippen LogP contribution in [0.25, 0.3) is 0 Å². The lowest BCUT2D eigenvalue weighted by Gasteiger charge is -2.41. The Kier molecular flexibility index (Phi) is 31.0. The lowest BCUT2D eigenvalue weighted by molar-refractivity contribution is -0.148. The van der Waals surface area contributed by atoms with Crippen molar-refractivity contribution in [3.8, 4) is 12.3 Å². The fourth-order valence-electron chi connectivity index (χ4n) is 12.1. The molecule has 0 spiro atoms. The lowest BCUT2D eigenvalue weighted by Crippen LogP contribution is -2.59. The third kappa shape index (κ3) is 22.4. The number of nitrogens with one attached hydrogen (secondary N) is 6. The zero-order valence-corrected chi connectivity index (χ0v) is 55.9. The van der Waals surface area contributed by atoms with Gasteiger partial charge >= 0.3 is 5.97 Å². The van der Waals surface area contributed by atoms with E-state index in [1.165, 1.54) is 14.2 Å². The van der Waals surface area contributed by atoms with Crippen molar-refractivity contribution >= 4 is 64.8 Å². The number of piperidine rings is 1. The van der Waals surface area contributed by atoms with Gasteiger partial charge in [-0.15, -0.1) is 6.42 Å². The van der Waals surface area contributed by atoms with Crippen LogP contribution in [-0.4, -0.2) is 193 Å². The third-order valence-corrected chi connectivity index (χ3v) is 17.5. The van der Waals surface area contributed by atoms with Gasteiger partial charge in [0.25, 0.3) is 11.8 Å². The number of likely N-dealkylation sites (tertiary alicyclic amines) is 2. The maximum absolute atomic E-state index is 14.6. The molecule has 2 saturated heterocycles. The number of rotatable bonds is 35. The van der Waals surface area contributed by atoms with Crippen LogP contribution in [0.1, 0.15) is 131 Å². The first-order valence-electron chi connectivity index (χ1n) is 31.9. The van der Waals surface area contributed by atoms with Crippen LogP contribution in [0, 0.1) is 47.9 Å². The van der Waals surface area contributed by atoms with Gasteiger partial charge in [0.05, 0.1) is 55.2 Å². The number of anilines is 1. The summed E-state index contributed by atoms with van der Waals surface area (Å²) in [6.45, 7) is 17.8. The highest BCUT2D eigenvalue weighted by Crippen LogP contribution is 2.30. The van der Waals surface area contributed by atoms with Crippen LogP contribution in [-0.2, 0) is 75.3 Å². The van der Waals surface area contributed by atoms with Crippen molar-refractivity contribution in [2.75, 3.05) is 60.3 Å². The normalized spacial score (nSPS) is 17.7. The second-order valence-electron chi connectivity index (χ2n) is 25.4. The van der Waals surface area contributed by atoms with E-state index in [0.29, 0.717) is 63.0 Å². The summed E-state index contributed by atoms with van der Waals surface area (Å²) in [6, 6.07) is 9.65. The van der Waals surface area contributed by atoms with E-state index in [1.807, 2.05) is 90.9 Å². The van der Waals surface area contributed by atoms with Crippen molar-refractivity contribution in [3.63, 3.8) is 0 Å². The molecule has 2 heterocycles. The molecule has 91 heavy (non-hydrogen) atoms. The Morgan fingerprint density at radius 3 is 1.88 bits per heavy atom. The number of hydrogen-bond donors (Lipinski definition) is 7. The second kappa shape index (κ2) is 37.2. The van der Waals surface area contributed by atoms with Gasteiger partial charge in [0, 0.05) is 65.9 Å². The van der Waals surface area contributed by atoms with Crippen molar-refractivity contribution in [2.24, 2.45) is 35.5 Å². The minimum atomic E-state index is -1.42. The Hall–Kier alpha value is -7.46. The monoisotopic (exact) mass is 1270 g/mol. The molecule has 504 valence electrons. The number of aliphatic carboxylic acids is 1. The topological polar surface area (TPSA) is 304 Å². The summed E-state index contributed by atoms with van der Waals surface area (Å²) in [5.41, 5.74) is 4.15. The van der Waals surface area contributed by atoms with E-state index in [-0.39, 0.29) is 80.1 Å². The van der Waals surface area contributed by atoms with Crippen molar-refractivity contribution in [3.05, 3.63) is 65.7 Å². The Morgan fingerprint density at radius 1 is 0.692 bits per heavy atom. The van der Waals surface area contributed by atoms with E-state index in [9.17, 15) is 53.1 Å². The molecule has 24 nitrogen and oxygen atoms in total. The zero-order chi connectivity index (χ0) is 67.8. The van der Waals surface area contributed by atoms with Crippen LogP contribution in [0.4, 0.5) is 5.69 Å². The van der Waals surface area contributed by atoms with E-state index in [1.54, 1.807) is 66.8 Å². The molecule has 0 saturated carbocycles. The lowest BCUT2D eigenvalue weighted by atomic mass is 9.89. The maximum atomic E-state index is 14.6. The standard InChI is InChI=1S/C67H102N10O14/c1-16-43(9)59(75(13)66(86)57(41(5)6)72-65(85)58(42(7)8)74(11)12)52(89-14)38-55(80)77-34-22-25-51(77)60(90-15)44(10)61(81)70-50(37-45-23-19-18-20-24-45)63(83)73-91-39-46-28-30-48(31-29-46)68-62(82)49(17-2)69-64(84)56(40(3)4)71-53(78)26-21-27-54(79)76-35-32-47(33-36-76)67(87)88/h2,18-20,23-24,28-31,40-44,47,49-52,56-60H,16,21-22,25-27,32-39H2,1,3-15H3,(H,68,82)(H,69,84)(H,70,81)(H,71,78)(H,72,85)(H,73,83)(H,87,88)/t43-,44+,49+,50-,51-,52+,56+,57-,58-,59-,60+/m0/s1. The highest BCUT2D eigenvalue weighted by molar-refractivity contribution is 6.00. The first-order valence-corrected chi connectivity index (χ1v) is 31.9. The van der Waals surface area contributed by atoms with E-state index < -0.39 is 108 Å². The number of carbonyl (C=O) groups excluding carboxylic acids is 9. The number of benzene rings is 2. The summed E-state index contributed by atoms with van der Waals surface area (Å²) in [5, 5.41) is 23.1. The number of ether oxygens (including phenoxy) is 2. The maximum Gasteiger partial charge on any atom is 0.306 e. The molecule has 2 fully saturated rings. The summed E-state index contributed by atoms with van der Waals surface area (Å²) in [6.07, 6.45) is 7.11. The number of nitrogens with zero attached hydrogens (tertiary/aromatic N) is 4. The SMILES string of the molecule is C#C[C@@H](NC(=O)[C@H](NC(=O)CCCC(=O)N1CCC(C(=O)O)CC1)C(C)C)C(=O)Nc1ccc(CONC(=O)[C@H](Cc2ccccc2)NC(=O)[C@H](C)[C@@H](OC)[C@@H]2CCCN2C(=O)C[C@@H](OC)[C@H]([C@@H](C)CC)N(C)C(=O)[C@@H](NC(=O)[C@H](C(C)C)N(C)C)C(C)C)cc1. The second-order valence-corrected chi connectivity index (χ2v) is 25.4. The largest absolute Gasteiger partial charge is 0.481 e. The van der Waals surface area contributed by atoms with Crippen LogP contribution in [0.5, 0.6) is 0 Å². The molecule has 2 aromatic carbocycles. The first-order chi connectivity index (χ1) is 43.1. The van der Waals surface area contributed by atoms with Gasteiger partial charge in [-0.1, -0.05) is 117 Å². The van der Waals surface area contributed by atoms with E-state index in [4.69, 9.17) is 20.7 Å². The van der Waals surface area contributed by atoms with Gasteiger partial charge in [-0.05, 0) is 93.1 Å². The predicted molar refractivity (Wildman–Crippen MR) is 344 cm³/mol. The first kappa shape index (κ1) is 76.0. The third-order valence-electron chi connectivity index (χ3n) is 17.5. The Balaban J connectivity index is 1.35. The van der Waals surface area contributed by atoms with Crippen LogP contribution >= 0.6 is 0 Å². The van der Waals surface area contributed by atoms with Crippen LogP contribution in [0.15, 0.2) is 54.6 Å². The molecule has 0 bridgehead atoms.